The Morgan fingerprint density at radius 3 is 2.48 bits per heavy atom. The second-order valence-electron chi connectivity index (χ2n) is 6.84. The second-order valence-corrected chi connectivity index (χ2v) is 8.96. The highest BCUT2D eigenvalue weighted by Gasteiger charge is 2.23. The summed E-state index contributed by atoms with van der Waals surface area (Å²) in [4.78, 5) is 23.6. The van der Waals surface area contributed by atoms with Crippen LogP contribution >= 0.6 is 0 Å². The first-order valence-electron chi connectivity index (χ1n) is 9.01. The summed E-state index contributed by atoms with van der Waals surface area (Å²) in [5.41, 5.74) is 0.0181. The van der Waals surface area contributed by atoms with E-state index in [0.29, 0.717) is 0 Å². The fourth-order valence-electron chi connectivity index (χ4n) is 2.98. The van der Waals surface area contributed by atoms with Gasteiger partial charge in [0.25, 0.3) is 5.91 Å². The van der Waals surface area contributed by atoms with Gasteiger partial charge in [-0.15, -0.1) is 0 Å². The van der Waals surface area contributed by atoms with Crippen molar-refractivity contribution in [3.05, 3.63) is 29.6 Å². The Labute approximate surface area is 159 Å². The van der Waals surface area contributed by atoms with Crippen molar-refractivity contribution in [2.24, 2.45) is 0 Å². The maximum absolute atomic E-state index is 13.9. The van der Waals surface area contributed by atoms with Gasteiger partial charge in [-0.05, 0) is 31.0 Å². The van der Waals surface area contributed by atoms with E-state index in [1.54, 1.807) is 0 Å². The van der Waals surface area contributed by atoms with E-state index in [1.165, 1.54) is 26.6 Å². The number of rotatable bonds is 7. The predicted molar refractivity (Wildman–Crippen MR) is 99.2 cm³/mol. The van der Waals surface area contributed by atoms with Crippen molar-refractivity contribution < 1.29 is 22.4 Å². The second kappa shape index (κ2) is 9.27. The number of carbonyl (C=O) groups is 2. The smallest absolute Gasteiger partial charge is 0.251 e. The van der Waals surface area contributed by atoms with Gasteiger partial charge in [0.1, 0.15) is 10.7 Å². The maximum atomic E-state index is 13.9. The lowest BCUT2D eigenvalue weighted by molar-refractivity contribution is -0.121. The van der Waals surface area contributed by atoms with Crippen molar-refractivity contribution >= 4 is 21.8 Å². The predicted octanol–water partition coefficient (Wildman–Crippen LogP) is 1.64. The monoisotopic (exact) mass is 399 g/mol. The van der Waals surface area contributed by atoms with Crippen molar-refractivity contribution in [2.75, 3.05) is 20.6 Å². The molecule has 150 valence electrons. The van der Waals surface area contributed by atoms with Crippen LogP contribution in [0.5, 0.6) is 0 Å². The fraction of sp³-hybridized carbons (Fsp3) is 0.556. The molecule has 0 bridgehead atoms. The third-order valence-corrected chi connectivity index (χ3v) is 6.39. The van der Waals surface area contributed by atoms with Gasteiger partial charge in [-0.3, -0.25) is 9.59 Å². The van der Waals surface area contributed by atoms with Crippen LogP contribution in [0.4, 0.5) is 4.39 Å². The number of carbonyl (C=O) groups excluding carboxylic acids is 2. The Kier molecular flexibility index (Phi) is 7.32. The topological polar surface area (TPSA) is 95.6 Å². The molecular weight excluding hydrogens is 373 g/mol. The van der Waals surface area contributed by atoms with E-state index in [4.69, 9.17) is 0 Å². The summed E-state index contributed by atoms with van der Waals surface area (Å²) < 4.78 is 39.0. The van der Waals surface area contributed by atoms with Gasteiger partial charge in [0.15, 0.2) is 0 Å². The van der Waals surface area contributed by atoms with Gasteiger partial charge in [-0.25, -0.2) is 17.1 Å². The number of nitrogens with one attached hydrogen (secondary N) is 2. The highest BCUT2D eigenvalue weighted by molar-refractivity contribution is 7.89. The molecule has 2 amide bonds. The summed E-state index contributed by atoms with van der Waals surface area (Å²) in [7, 11) is -1.43. The van der Waals surface area contributed by atoms with Gasteiger partial charge in [0.05, 0.1) is 0 Å². The summed E-state index contributed by atoms with van der Waals surface area (Å²) in [6.07, 6.45) is 5.53. The van der Waals surface area contributed by atoms with E-state index in [2.05, 4.69) is 10.6 Å². The average Bonchev–Trinajstić information content (AvgIpc) is 2.62. The standard InChI is InChI=1S/C18H26FN3O4S/c1-22(2)27(25,26)16-12-13(8-9-15(16)19)18(24)20-11-10-17(23)21-14-6-4-3-5-7-14/h8-9,12,14H,3-7,10-11H2,1-2H3,(H,20,24)(H,21,23). The van der Waals surface area contributed by atoms with E-state index in [0.717, 1.165) is 42.1 Å². The van der Waals surface area contributed by atoms with Gasteiger partial charge < -0.3 is 10.6 Å². The highest BCUT2D eigenvalue weighted by Crippen LogP contribution is 2.19. The summed E-state index contributed by atoms with van der Waals surface area (Å²) in [6.45, 7) is 0.116. The first-order chi connectivity index (χ1) is 12.7. The van der Waals surface area contributed by atoms with Crippen LogP contribution in [0.2, 0.25) is 0 Å². The normalized spacial score (nSPS) is 15.6. The first kappa shape index (κ1) is 21.3. The van der Waals surface area contributed by atoms with Crippen molar-refractivity contribution in [3.8, 4) is 0 Å². The number of sulfonamides is 1. The molecule has 9 heteroatoms. The molecule has 2 N–H and O–H groups in total. The average molecular weight is 399 g/mol. The van der Waals surface area contributed by atoms with Gasteiger partial charge in [0.2, 0.25) is 15.9 Å². The molecule has 1 fully saturated rings. The van der Waals surface area contributed by atoms with E-state index in [1.807, 2.05) is 0 Å². The van der Waals surface area contributed by atoms with Crippen molar-refractivity contribution in [1.82, 2.24) is 14.9 Å². The van der Waals surface area contributed by atoms with E-state index >= 15 is 0 Å². The molecule has 0 radical (unpaired) electrons. The number of amides is 2. The van der Waals surface area contributed by atoms with Gasteiger partial charge in [-0.1, -0.05) is 19.3 Å². The number of hydrogen-bond acceptors (Lipinski definition) is 4. The summed E-state index contributed by atoms with van der Waals surface area (Å²) in [5.74, 6) is -1.61. The number of benzene rings is 1. The molecule has 1 aliphatic rings. The van der Waals surface area contributed by atoms with Crippen LogP contribution in [0, 0.1) is 5.82 Å². The Hall–Kier alpha value is -2.00. The zero-order valence-corrected chi connectivity index (χ0v) is 16.4. The van der Waals surface area contributed by atoms with Gasteiger partial charge in [-0.2, -0.15) is 0 Å². The minimum absolute atomic E-state index is 0.0181. The molecule has 0 saturated heterocycles. The number of hydrogen-bond donors (Lipinski definition) is 2. The molecule has 1 aliphatic carbocycles. The van der Waals surface area contributed by atoms with Crippen LogP contribution in [0.25, 0.3) is 0 Å². The van der Waals surface area contributed by atoms with E-state index in [-0.39, 0.29) is 30.5 Å². The van der Waals surface area contributed by atoms with Crippen molar-refractivity contribution in [3.63, 3.8) is 0 Å². The summed E-state index contributed by atoms with van der Waals surface area (Å²) >= 11 is 0. The molecule has 2 rings (SSSR count). The van der Waals surface area contributed by atoms with E-state index < -0.39 is 26.6 Å². The zero-order valence-electron chi connectivity index (χ0n) is 15.6. The van der Waals surface area contributed by atoms with Crippen LogP contribution in [0.1, 0.15) is 48.9 Å². The Morgan fingerprint density at radius 2 is 1.85 bits per heavy atom. The van der Waals surface area contributed by atoms with Crippen LogP contribution in [0.15, 0.2) is 23.1 Å². The lowest BCUT2D eigenvalue weighted by atomic mass is 9.95. The van der Waals surface area contributed by atoms with Crippen LogP contribution in [0.3, 0.4) is 0 Å². The number of halogens is 1. The van der Waals surface area contributed by atoms with E-state index in [9.17, 15) is 22.4 Å². The van der Waals surface area contributed by atoms with Crippen LogP contribution in [-0.4, -0.2) is 51.2 Å². The van der Waals surface area contributed by atoms with Crippen LogP contribution in [-0.2, 0) is 14.8 Å². The molecule has 0 heterocycles. The highest BCUT2D eigenvalue weighted by atomic mass is 32.2. The lowest BCUT2D eigenvalue weighted by Gasteiger charge is -2.22. The molecule has 1 aromatic carbocycles. The van der Waals surface area contributed by atoms with Crippen LogP contribution < -0.4 is 10.6 Å². The molecule has 0 aromatic heterocycles. The SMILES string of the molecule is CN(C)S(=O)(=O)c1cc(C(=O)NCCC(=O)NC2CCCCC2)ccc1F. The summed E-state index contributed by atoms with van der Waals surface area (Å²) in [5, 5.41) is 5.52. The van der Waals surface area contributed by atoms with Crippen molar-refractivity contribution in [1.29, 1.82) is 0 Å². The van der Waals surface area contributed by atoms with Gasteiger partial charge in [0, 0.05) is 38.7 Å². The zero-order chi connectivity index (χ0) is 20.0. The molecule has 7 nitrogen and oxygen atoms in total. The molecule has 0 aliphatic heterocycles. The molecule has 0 unspecified atom stereocenters. The fourth-order valence-corrected chi connectivity index (χ4v) is 3.96. The summed E-state index contributed by atoms with van der Waals surface area (Å²) in [6, 6.07) is 3.36. The third kappa shape index (κ3) is 5.74. The Morgan fingerprint density at radius 1 is 1.19 bits per heavy atom. The Bertz CT molecular complexity index is 790. The van der Waals surface area contributed by atoms with Crippen molar-refractivity contribution in [2.45, 2.75) is 49.5 Å². The minimum Gasteiger partial charge on any atom is -0.353 e. The largest absolute Gasteiger partial charge is 0.353 e. The molecule has 0 atom stereocenters. The molecular formula is C18H26FN3O4S. The molecule has 1 aromatic rings. The maximum Gasteiger partial charge on any atom is 0.251 e. The first-order valence-corrected chi connectivity index (χ1v) is 10.5. The van der Waals surface area contributed by atoms with Gasteiger partial charge >= 0.3 is 0 Å². The number of nitrogens with zero attached hydrogens (tertiary/aromatic N) is 1. The lowest BCUT2D eigenvalue weighted by Crippen LogP contribution is -2.38. The molecule has 1 saturated carbocycles. The quantitative estimate of drug-likeness (QED) is 0.729. The third-order valence-electron chi connectivity index (χ3n) is 4.56. The molecule has 0 spiro atoms. The Balaban J connectivity index is 1.91. The molecule has 27 heavy (non-hydrogen) atoms. The minimum atomic E-state index is -4.00.